The molecule has 0 atom stereocenters. The van der Waals surface area contributed by atoms with Crippen molar-refractivity contribution < 1.29 is 9.53 Å². The van der Waals surface area contributed by atoms with Crippen molar-refractivity contribution in [3.63, 3.8) is 0 Å². The Balaban J connectivity index is -0.0000000740. The van der Waals surface area contributed by atoms with E-state index in [1.54, 1.807) is 0 Å². The second-order valence-electron chi connectivity index (χ2n) is 2.74. The summed E-state index contributed by atoms with van der Waals surface area (Å²) in [5.41, 5.74) is -0.352. The molecule has 0 heterocycles. The molecule has 0 rings (SSSR count). The summed E-state index contributed by atoms with van der Waals surface area (Å²) in [5.74, 6) is -0.169. The normalized spacial score (nSPS) is 7.83. The highest BCUT2D eigenvalue weighted by atomic mass is 16.5. The Kier molecular flexibility index (Phi) is 19.7. The fourth-order valence-electron chi connectivity index (χ4n) is 0.306. The molecule has 0 bridgehead atoms. The third kappa shape index (κ3) is 12.2. The van der Waals surface area contributed by atoms with Gasteiger partial charge in [0.25, 0.3) is 0 Å². The van der Waals surface area contributed by atoms with E-state index in [2.05, 4.69) is 4.74 Å². The summed E-state index contributed by atoms with van der Waals surface area (Å²) >= 11 is 0. The Morgan fingerprint density at radius 2 is 1.33 bits per heavy atom. The predicted octanol–water partition coefficient (Wildman–Crippen LogP) is 3.50. The number of rotatable bonds is 0. The van der Waals surface area contributed by atoms with Gasteiger partial charge < -0.3 is 4.74 Å². The van der Waals surface area contributed by atoms with Crippen molar-refractivity contribution in [1.82, 2.24) is 0 Å². The number of methoxy groups -OCH3 is 1. The van der Waals surface area contributed by atoms with Crippen LogP contribution in [-0.2, 0) is 9.53 Å². The summed E-state index contributed by atoms with van der Waals surface area (Å²) in [6.07, 6.45) is 0. The van der Waals surface area contributed by atoms with Gasteiger partial charge in [0.1, 0.15) is 0 Å². The first-order valence-electron chi connectivity index (χ1n) is 3.57. The lowest BCUT2D eigenvalue weighted by atomic mass is 9.98. The minimum atomic E-state index is -0.352. The van der Waals surface area contributed by atoms with E-state index in [9.17, 15) is 4.79 Å². The van der Waals surface area contributed by atoms with Crippen molar-refractivity contribution in [2.75, 3.05) is 7.11 Å². The molecule has 0 fully saturated rings. The number of carbonyl (C=O) groups excluding carboxylic acids is 1. The van der Waals surface area contributed by atoms with Crippen molar-refractivity contribution in [3.05, 3.63) is 0 Å². The molecule has 2 heteroatoms. The van der Waals surface area contributed by atoms with Gasteiger partial charge in [-0.3, -0.25) is 4.79 Å². The molecule has 0 aromatic carbocycles. The number of carbonyl (C=O) groups is 1. The van der Waals surface area contributed by atoms with Crippen LogP contribution in [0.2, 0.25) is 0 Å². The molecule has 0 aliphatic carbocycles. The van der Waals surface area contributed by atoms with E-state index < -0.39 is 0 Å². The Labute approximate surface area is 78.3 Å². The molecule has 0 aliphatic rings. The van der Waals surface area contributed by atoms with E-state index in [-0.39, 0.29) is 26.2 Å². The fraction of sp³-hybridized carbons (Fsp3) is 0.900. The summed E-state index contributed by atoms with van der Waals surface area (Å²) in [6, 6.07) is 0. The molecule has 0 unspecified atom stereocenters. The highest BCUT2D eigenvalue weighted by molar-refractivity contribution is 5.75. The maximum atomic E-state index is 10.6. The van der Waals surface area contributed by atoms with Crippen molar-refractivity contribution in [2.45, 2.75) is 49.5 Å². The molecule has 0 saturated carbocycles. The molecule has 12 heavy (non-hydrogen) atoms. The van der Waals surface area contributed by atoms with Crippen molar-refractivity contribution in [3.8, 4) is 0 Å². The van der Waals surface area contributed by atoms with Crippen LogP contribution in [0.15, 0.2) is 0 Å². The van der Waals surface area contributed by atoms with Crippen LogP contribution in [0.1, 0.15) is 49.5 Å². The minimum Gasteiger partial charge on any atom is -0.469 e. The molecule has 2 nitrogen and oxygen atoms in total. The average molecular weight is 178 g/mol. The predicted molar refractivity (Wildman–Crippen MR) is 56.3 cm³/mol. The van der Waals surface area contributed by atoms with E-state index in [0.717, 1.165) is 0 Å². The molecule has 0 spiro atoms. The molecular formula is C10H26O2. The van der Waals surface area contributed by atoms with Gasteiger partial charge in [-0.1, -0.05) is 28.7 Å². The number of esters is 1. The molecule has 0 aromatic heterocycles. The maximum Gasteiger partial charge on any atom is 0.310 e. The van der Waals surface area contributed by atoms with Crippen LogP contribution in [0.3, 0.4) is 0 Å². The van der Waals surface area contributed by atoms with Crippen LogP contribution in [0.5, 0.6) is 0 Å². The lowest BCUT2D eigenvalue weighted by Crippen LogP contribution is -2.21. The van der Waals surface area contributed by atoms with Gasteiger partial charge in [0.05, 0.1) is 12.5 Å². The second kappa shape index (κ2) is 10.5. The van der Waals surface area contributed by atoms with Crippen molar-refractivity contribution >= 4 is 5.97 Å². The van der Waals surface area contributed by atoms with Crippen LogP contribution in [0.25, 0.3) is 0 Å². The van der Waals surface area contributed by atoms with E-state index in [4.69, 9.17) is 0 Å². The van der Waals surface area contributed by atoms with Crippen LogP contribution < -0.4 is 0 Å². The quantitative estimate of drug-likeness (QED) is 0.531. The minimum absolute atomic E-state index is 0. The van der Waals surface area contributed by atoms with Crippen LogP contribution in [0.4, 0.5) is 0 Å². The first-order chi connectivity index (χ1) is 4.48. The summed E-state index contributed by atoms with van der Waals surface area (Å²) in [6.45, 7) is 9.45. The Bertz CT molecular complexity index is 90.5. The monoisotopic (exact) mass is 178 g/mol. The average Bonchev–Trinajstić information content (AvgIpc) is 1.89. The largest absolute Gasteiger partial charge is 0.469 e. The van der Waals surface area contributed by atoms with Crippen LogP contribution in [0, 0.1) is 5.41 Å². The van der Waals surface area contributed by atoms with Gasteiger partial charge in [0, 0.05) is 0 Å². The highest BCUT2D eigenvalue weighted by Crippen LogP contribution is 2.13. The zero-order valence-electron chi connectivity index (χ0n) is 7.82. The summed E-state index contributed by atoms with van der Waals surface area (Å²) in [4.78, 5) is 10.6. The zero-order chi connectivity index (χ0) is 8.78. The standard InChI is InChI=1S/C6H12O2.C2H6.2CH4/c1-6(2,3)5(7)8-4;1-2;;/h1-4H3;1-2H3;2*1H4. The van der Waals surface area contributed by atoms with Crippen LogP contribution >= 0.6 is 0 Å². The number of ether oxygens (including phenoxy) is 1. The van der Waals surface area contributed by atoms with Gasteiger partial charge >= 0.3 is 5.97 Å². The molecule has 0 N–H and O–H groups in total. The molecule has 0 amide bonds. The number of hydrogen-bond donors (Lipinski definition) is 0. The third-order valence-electron chi connectivity index (χ3n) is 0.798. The van der Waals surface area contributed by atoms with Gasteiger partial charge in [-0.05, 0) is 20.8 Å². The summed E-state index contributed by atoms with van der Waals surface area (Å²) < 4.78 is 4.48. The lowest BCUT2D eigenvalue weighted by molar-refractivity contribution is -0.149. The molecular weight excluding hydrogens is 152 g/mol. The van der Waals surface area contributed by atoms with Crippen molar-refractivity contribution in [2.24, 2.45) is 5.41 Å². The van der Waals surface area contributed by atoms with E-state index in [1.165, 1.54) is 7.11 Å². The topological polar surface area (TPSA) is 26.3 Å². The van der Waals surface area contributed by atoms with E-state index >= 15 is 0 Å². The maximum absolute atomic E-state index is 10.6. The SMILES string of the molecule is C.C.CC.COC(=O)C(C)(C)C. The van der Waals surface area contributed by atoms with Gasteiger partial charge in [-0.15, -0.1) is 0 Å². The Hall–Kier alpha value is -0.530. The first kappa shape index (κ1) is 22.5. The second-order valence-corrected chi connectivity index (χ2v) is 2.74. The fourth-order valence-corrected chi connectivity index (χ4v) is 0.306. The molecule has 0 saturated heterocycles. The summed E-state index contributed by atoms with van der Waals surface area (Å²) in [7, 11) is 1.40. The molecule has 78 valence electrons. The van der Waals surface area contributed by atoms with E-state index in [1.807, 2.05) is 34.6 Å². The van der Waals surface area contributed by atoms with Gasteiger partial charge in [-0.25, -0.2) is 0 Å². The number of hydrogen-bond acceptors (Lipinski definition) is 2. The van der Waals surface area contributed by atoms with Crippen LogP contribution in [-0.4, -0.2) is 13.1 Å². The molecule has 0 radical (unpaired) electrons. The third-order valence-corrected chi connectivity index (χ3v) is 0.798. The Morgan fingerprint density at radius 3 is 1.33 bits per heavy atom. The highest BCUT2D eigenvalue weighted by Gasteiger charge is 2.21. The lowest BCUT2D eigenvalue weighted by Gasteiger charge is -2.13. The smallest absolute Gasteiger partial charge is 0.310 e. The molecule has 0 aromatic rings. The first-order valence-corrected chi connectivity index (χ1v) is 3.57. The van der Waals surface area contributed by atoms with Crippen molar-refractivity contribution in [1.29, 1.82) is 0 Å². The van der Waals surface area contributed by atoms with Gasteiger partial charge in [0.2, 0.25) is 0 Å². The molecule has 0 aliphatic heterocycles. The Morgan fingerprint density at radius 1 is 1.08 bits per heavy atom. The zero-order valence-corrected chi connectivity index (χ0v) is 7.82. The summed E-state index contributed by atoms with van der Waals surface area (Å²) in [5, 5.41) is 0. The van der Waals surface area contributed by atoms with Gasteiger partial charge in [-0.2, -0.15) is 0 Å². The van der Waals surface area contributed by atoms with E-state index in [0.29, 0.717) is 0 Å². The van der Waals surface area contributed by atoms with Gasteiger partial charge in [0.15, 0.2) is 0 Å².